The normalized spacial score (nSPS) is 10.8. The lowest BCUT2D eigenvalue weighted by molar-refractivity contribution is -0.144. The molecule has 3 aromatic rings. The van der Waals surface area contributed by atoms with E-state index in [0.717, 1.165) is 11.5 Å². The Kier molecular flexibility index (Phi) is 4.12. The van der Waals surface area contributed by atoms with Crippen LogP contribution >= 0.6 is 23.1 Å². The second-order valence-corrected chi connectivity index (χ2v) is 5.73. The van der Waals surface area contributed by atoms with Crippen molar-refractivity contribution < 1.29 is 9.53 Å². The molecule has 0 spiro atoms. The molecule has 0 unspecified atom stereocenters. The molecule has 0 radical (unpaired) electrons. The molecule has 0 aliphatic heterocycles. The number of aromatic amines is 1. The van der Waals surface area contributed by atoms with Crippen LogP contribution in [-0.2, 0) is 22.6 Å². The number of hydrogen-bond donors (Lipinski definition) is 1. The number of hydrogen-bond acceptors (Lipinski definition) is 7. The fourth-order valence-electron chi connectivity index (χ4n) is 1.93. The van der Waals surface area contributed by atoms with Crippen molar-refractivity contribution in [3.63, 3.8) is 0 Å². The van der Waals surface area contributed by atoms with Crippen molar-refractivity contribution in [1.82, 2.24) is 19.8 Å². The molecule has 112 valence electrons. The third-order valence-electron chi connectivity index (χ3n) is 2.97. The molecule has 9 heteroatoms. The van der Waals surface area contributed by atoms with Gasteiger partial charge in [-0.05, 0) is 6.07 Å². The Hall–Kier alpha value is -2.32. The minimum absolute atomic E-state index is 0.0462. The molecule has 0 atom stereocenters. The Morgan fingerprint density at radius 3 is 2.77 bits per heavy atom. The molecule has 7 nitrogen and oxygen atoms in total. The molecule has 0 aliphatic carbocycles. The Morgan fingerprint density at radius 2 is 2.05 bits per heavy atom. The quantitative estimate of drug-likeness (QED) is 0.728. The first-order valence-corrected chi connectivity index (χ1v) is 7.39. The van der Waals surface area contributed by atoms with Gasteiger partial charge in [-0.15, -0.1) is 5.10 Å². The molecule has 0 saturated heterocycles. The number of fused-ring (bicyclic) bond motifs is 1. The van der Waals surface area contributed by atoms with E-state index in [1.165, 1.54) is 0 Å². The highest BCUT2D eigenvalue weighted by atomic mass is 35.5. The predicted octanol–water partition coefficient (Wildman–Crippen LogP) is 1.71. The van der Waals surface area contributed by atoms with Crippen molar-refractivity contribution in [2.24, 2.45) is 0 Å². The van der Waals surface area contributed by atoms with Crippen molar-refractivity contribution in [2.45, 2.75) is 13.0 Å². The Bertz CT molecular complexity index is 892. The zero-order valence-corrected chi connectivity index (χ0v) is 12.6. The number of benzene rings is 1. The van der Waals surface area contributed by atoms with E-state index < -0.39 is 5.97 Å². The number of esters is 1. The van der Waals surface area contributed by atoms with Crippen molar-refractivity contribution in [3.05, 3.63) is 50.3 Å². The van der Waals surface area contributed by atoms with Gasteiger partial charge in [0.2, 0.25) is 0 Å². The highest BCUT2D eigenvalue weighted by Gasteiger charge is 2.13. The molecule has 0 fully saturated rings. The van der Waals surface area contributed by atoms with Gasteiger partial charge in [-0.25, -0.2) is 5.10 Å². The van der Waals surface area contributed by atoms with Crippen molar-refractivity contribution in [2.75, 3.05) is 0 Å². The van der Waals surface area contributed by atoms with Crippen LogP contribution in [0.3, 0.4) is 0 Å². The summed E-state index contributed by atoms with van der Waals surface area (Å²) in [6, 6.07) is 6.93. The molecule has 0 amide bonds. The van der Waals surface area contributed by atoms with Gasteiger partial charge < -0.3 is 4.74 Å². The number of nitrogens with zero attached hydrogens (tertiary/aromatic N) is 3. The van der Waals surface area contributed by atoms with Gasteiger partial charge in [-0.3, -0.25) is 9.59 Å². The first-order valence-electron chi connectivity index (χ1n) is 6.24. The lowest BCUT2D eigenvalue weighted by atomic mass is 10.1. The first-order chi connectivity index (χ1) is 10.6. The van der Waals surface area contributed by atoms with Crippen LogP contribution in [0.5, 0.6) is 0 Å². The second kappa shape index (κ2) is 6.20. The zero-order chi connectivity index (χ0) is 15.5. The van der Waals surface area contributed by atoms with Crippen LogP contribution in [0, 0.1) is 0 Å². The summed E-state index contributed by atoms with van der Waals surface area (Å²) in [6.45, 7) is -0.0462. The average molecular weight is 337 g/mol. The maximum Gasteiger partial charge on any atom is 0.312 e. The smallest absolute Gasteiger partial charge is 0.312 e. The second-order valence-electron chi connectivity index (χ2n) is 4.38. The monoisotopic (exact) mass is 336 g/mol. The standard InChI is InChI=1S/C13H9ClN4O3S/c14-12-10(16-18-22-12)6-21-11(19)5-9-7-3-1-2-4-8(7)13(20)17-15-9/h1-4H,5-6H2,(H,17,20). The fraction of sp³-hybridized carbons (Fsp3) is 0.154. The molecular weight excluding hydrogens is 328 g/mol. The lowest BCUT2D eigenvalue weighted by Crippen LogP contribution is -2.15. The molecule has 3 rings (SSSR count). The minimum Gasteiger partial charge on any atom is -0.459 e. The molecule has 1 aromatic carbocycles. The van der Waals surface area contributed by atoms with Gasteiger partial charge in [0, 0.05) is 16.9 Å². The number of halogens is 1. The van der Waals surface area contributed by atoms with Crippen molar-refractivity contribution in [3.8, 4) is 0 Å². The molecule has 0 aliphatic rings. The maximum atomic E-state index is 11.9. The van der Waals surface area contributed by atoms with Crippen LogP contribution in [0.25, 0.3) is 10.8 Å². The molecule has 2 aromatic heterocycles. The van der Waals surface area contributed by atoms with Crippen LogP contribution in [0.15, 0.2) is 29.1 Å². The van der Waals surface area contributed by atoms with E-state index in [0.29, 0.717) is 26.5 Å². The highest BCUT2D eigenvalue weighted by Crippen LogP contribution is 2.18. The highest BCUT2D eigenvalue weighted by molar-refractivity contribution is 7.10. The zero-order valence-electron chi connectivity index (χ0n) is 11.1. The van der Waals surface area contributed by atoms with Gasteiger partial charge in [0.15, 0.2) is 0 Å². The van der Waals surface area contributed by atoms with E-state index >= 15 is 0 Å². The molecule has 0 bridgehead atoms. The van der Waals surface area contributed by atoms with Gasteiger partial charge in [0.1, 0.15) is 16.6 Å². The van der Waals surface area contributed by atoms with Gasteiger partial charge in [0.05, 0.1) is 17.5 Å². The van der Waals surface area contributed by atoms with Crippen molar-refractivity contribution >= 4 is 39.9 Å². The van der Waals surface area contributed by atoms with Gasteiger partial charge >= 0.3 is 5.97 Å². The van der Waals surface area contributed by atoms with Crippen LogP contribution in [-0.4, -0.2) is 25.8 Å². The van der Waals surface area contributed by atoms with E-state index in [4.69, 9.17) is 16.3 Å². The summed E-state index contributed by atoms with van der Waals surface area (Å²) in [5.74, 6) is -0.492. The number of rotatable bonds is 4. The van der Waals surface area contributed by atoms with E-state index in [9.17, 15) is 9.59 Å². The summed E-state index contributed by atoms with van der Waals surface area (Å²) in [7, 11) is 0. The number of carbonyl (C=O) groups is 1. The average Bonchev–Trinajstić information content (AvgIpc) is 2.94. The van der Waals surface area contributed by atoms with E-state index in [2.05, 4.69) is 19.8 Å². The molecular formula is C13H9ClN4O3S. The number of aromatic nitrogens is 4. The van der Waals surface area contributed by atoms with Crippen molar-refractivity contribution in [1.29, 1.82) is 0 Å². The SMILES string of the molecule is O=C(Cc1n[nH]c(=O)c2ccccc12)OCc1nnsc1Cl. The van der Waals surface area contributed by atoms with Gasteiger partial charge in [-0.2, -0.15) is 5.10 Å². The Balaban J connectivity index is 1.76. The number of nitrogens with one attached hydrogen (secondary N) is 1. The summed E-state index contributed by atoms with van der Waals surface area (Å²) < 4.78 is 9.14. The third-order valence-corrected chi connectivity index (χ3v) is 3.95. The third kappa shape index (κ3) is 2.97. The van der Waals surface area contributed by atoms with Crippen LogP contribution in [0.4, 0.5) is 0 Å². The topological polar surface area (TPSA) is 97.8 Å². The molecule has 0 saturated carbocycles. The molecule has 2 heterocycles. The van der Waals surface area contributed by atoms with E-state index in [-0.39, 0.29) is 18.6 Å². The van der Waals surface area contributed by atoms with E-state index in [1.54, 1.807) is 24.3 Å². The Labute approximate surface area is 133 Å². The maximum absolute atomic E-state index is 11.9. The molecule has 1 N–H and O–H groups in total. The van der Waals surface area contributed by atoms with Crippen LogP contribution in [0.1, 0.15) is 11.4 Å². The number of carbonyl (C=O) groups excluding carboxylic acids is 1. The summed E-state index contributed by atoms with van der Waals surface area (Å²) in [4.78, 5) is 23.6. The number of ether oxygens (including phenoxy) is 1. The molecule has 22 heavy (non-hydrogen) atoms. The minimum atomic E-state index is -0.492. The summed E-state index contributed by atoms with van der Waals surface area (Å²) in [5.41, 5.74) is 0.565. The van der Waals surface area contributed by atoms with Gasteiger partial charge in [0.25, 0.3) is 5.56 Å². The lowest BCUT2D eigenvalue weighted by Gasteiger charge is -2.05. The Morgan fingerprint density at radius 1 is 1.27 bits per heavy atom. The van der Waals surface area contributed by atoms with Crippen LogP contribution in [0.2, 0.25) is 4.34 Å². The van der Waals surface area contributed by atoms with E-state index in [1.807, 2.05) is 0 Å². The predicted molar refractivity (Wildman–Crippen MR) is 80.8 cm³/mol. The summed E-state index contributed by atoms with van der Waals surface area (Å²) in [6.07, 6.45) is -0.0630. The number of H-pyrrole nitrogens is 1. The summed E-state index contributed by atoms with van der Waals surface area (Å²) >= 11 is 6.85. The summed E-state index contributed by atoms with van der Waals surface area (Å²) in [5, 5.41) is 11.1. The largest absolute Gasteiger partial charge is 0.459 e. The van der Waals surface area contributed by atoms with Gasteiger partial charge in [-0.1, -0.05) is 34.3 Å². The fourth-order valence-corrected chi connectivity index (χ4v) is 2.53. The first kappa shape index (κ1) is 14.6. The van der Waals surface area contributed by atoms with Crippen LogP contribution < -0.4 is 5.56 Å².